The number of fused-ring (bicyclic) bond motifs is 1. The van der Waals surface area contributed by atoms with E-state index in [-0.39, 0.29) is 6.04 Å². The number of benzene rings is 1. The van der Waals surface area contributed by atoms with E-state index in [0.29, 0.717) is 17.8 Å². The fourth-order valence-electron chi connectivity index (χ4n) is 3.69. The molecule has 17 heavy (non-hydrogen) atoms. The molecule has 2 N–H and O–H groups in total. The van der Waals surface area contributed by atoms with E-state index in [9.17, 15) is 5.11 Å². The number of hydrogen-bond acceptors (Lipinski definition) is 2. The number of aliphatic hydroxyl groups is 1. The van der Waals surface area contributed by atoms with Gasteiger partial charge in [-0.15, -0.1) is 0 Å². The summed E-state index contributed by atoms with van der Waals surface area (Å²) in [5.41, 5.74) is 0.869. The lowest BCUT2D eigenvalue weighted by atomic mass is 9.60. The molecule has 0 amide bonds. The molecule has 1 saturated carbocycles. The molecule has 0 spiro atoms. The predicted molar refractivity (Wildman–Crippen MR) is 68.9 cm³/mol. The Balaban J connectivity index is 1.74. The average Bonchev–Trinajstić information content (AvgIpc) is 2.57. The average molecular weight is 231 g/mol. The van der Waals surface area contributed by atoms with Crippen molar-refractivity contribution < 1.29 is 5.11 Å². The van der Waals surface area contributed by atoms with E-state index in [0.717, 1.165) is 6.54 Å². The van der Waals surface area contributed by atoms with Crippen molar-refractivity contribution in [1.82, 2.24) is 5.32 Å². The SMILES string of the molecule is CC(C)(O)[C@H]1NC[C@H]2[C@@H]1C[C@@H]2c1ccccc1. The molecule has 0 radical (unpaired) electrons. The number of nitrogens with one attached hydrogen (secondary N) is 1. The van der Waals surface area contributed by atoms with Gasteiger partial charge in [0, 0.05) is 6.04 Å². The van der Waals surface area contributed by atoms with Crippen molar-refractivity contribution >= 4 is 0 Å². The Morgan fingerprint density at radius 3 is 2.53 bits per heavy atom. The van der Waals surface area contributed by atoms with Crippen LogP contribution in [0.25, 0.3) is 0 Å². The van der Waals surface area contributed by atoms with Crippen LogP contribution in [0.5, 0.6) is 0 Å². The van der Waals surface area contributed by atoms with Crippen molar-refractivity contribution in [2.24, 2.45) is 11.8 Å². The second kappa shape index (κ2) is 3.82. The van der Waals surface area contributed by atoms with Gasteiger partial charge in [-0.25, -0.2) is 0 Å². The fourth-order valence-corrected chi connectivity index (χ4v) is 3.69. The van der Waals surface area contributed by atoms with Crippen LogP contribution in [0.4, 0.5) is 0 Å². The maximum atomic E-state index is 10.1. The minimum absolute atomic E-state index is 0.271. The van der Waals surface area contributed by atoms with Gasteiger partial charge in [0.2, 0.25) is 0 Å². The van der Waals surface area contributed by atoms with E-state index in [2.05, 4.69) is 35.6 Å². The standard InChI is InChI=1S/C15H21NO/c1-15(2,17)14-12-8-11(13(12)9-16-14)10-6-4-3-5-7-10/h3-7,11-14,16-17H,8-9H2,1-2H3/t11-,12+,13-,14+/m1/s1. The van der Waals surface area contributed by atoms with E-state index in [4.69, 9.17) is 0 Å². The Morgan fingerprint density at radius 2 is 1.88 bits per heavy atom. The monoisotopic (exact) mass is 231 g/mol. The van der Waals surface area contributed by atoms with Crippen LogP contribution in [0.15, 0.2) is 30.3 Å². The molecule has 2 nitrogen and oxygen atoms in total. The van der Waals surface area contributed by atoms with Crippen LogP contribution < -0.4 is 5.32 Å². The highest BCUT2D eigenvalue weighted by Crippen LogP contribution is 2.52. The lowest BCUT2D eigenvalue weighted by Gasteiger charge is -2.45. The highest BCUT2D eigenvalue weighted by molar-refractivity contribution is 5.26. The van der Waals surface area contributed by atoms with E-state index in [1.165, 1.54) is 12.0 Å². The van der Waals surface area contributed by atoms with Crippen LogP contribution in [-0.2, 0) is 0 Å². The summed E-state index contributed by atoms with van der Waals surface area (Å²) in [5, 5.41) is 13.6. The molecule has 1 saturated heterocycles. The van der Waals surface area contributed by atoms with Gasteiger partial charge in [-0.3, -0.25) is 0 Å². The quantitative estimate of drug-likeness (QED) is 0.817. The van der Waals surface area contributed by atoms with Gasteiger partial charge in [-0.2, -0.15) is 0 Å². The molecule has 3 rings (SSSR count). The van der Waals surface area contributed by atoms with Crippen LogP contribution in [0.2, 0.25) is 0 Å². The molecule has 4 atom stereocenters. The molecular formula is C15H21NO. The molecule has 0 aromatic heterocycles. The summed E-state index contributed by atoms with van der Waals surface area (Å²) >= 11 is 0. The second-order valence-corrected chi connectivity index (χ2v) is 6.12. The molecular weight excluding hydrogens is 210 g/mol. The van der Waals surface area contributed by atoms with E-state index >= 15 is 0 Å². The summed E-state index contributed by atoms with van der Waals surface area (Å²) in [6.45, 7) is 4.89. The summed E-state index contributed by atoms with van der Waals surface area (Å²) in [6, 6.07) is 11.1. The topological polar surface area (TPSA) is 32.3 Å². The highest BCUT2D eigenvalue weighted by Gasteiger charge is 2.53. The Hall–Kier alpha value is -0.860. The third-order valence-electron chi connectivity index (χ3n) is 4.58. The number of hydrogen-bond donors (Lipinski definition) is 2. The smallest absolute Gasteiger partial charge is 0.0746 e. The fraction of sp³-hybridized carbons (Fsp3) is 0.600. The molecule has 1 aliphatic carbocycles. The van der Waals surface area contributed by atoms with Crippen LogP contribution in [0, 0.1) is 11.8 Å². The van der Waals surface area contributed by atoms with E-state index < -0.39 is 5.60 Å². The van der Waals surface area contributed by atoms with E-state index in [1.807, 2.05) is 13.8 Å². The van der Waals surface area contributed by atoms with Crippen molar-refractivity contribution in [3.05, 3.63) is 35.9 Å². The van der Waals surface area contributed by atoms with Gasteiger partial charge in [-0.1, -0.05) is 30.3 Å². The van der Waals surface area contributed by atoms with Gasteiger partial charge in [0.15, 0.2) is 0 Å². The second-order valence-electron chi connectivity index (χ2n) is 6.12. The molecule has 1 aromatic carbocycles. The molecule has 0 unspecified atom stereocenters. The third kappa shape index (κ3) is 1.80. The van der Waals surface area contributed by atoms with Crippen LogP contribution >= 0.6 is 0 Å². The molecule has 2 heteroatoms. The van der Waals surface area contributed by atoms with Gasteiger partial charge >= 0.3 is 0 Å². The summed E-state index contributed by atoms with van der Waals surface area (Å²) in [5.74, 6) is 2.06. The highest BCUT2D eigenvalue weighted by atomic mass is 16.3. The lowest BCUT2D eigenvalue weighted by molar-refractivity contribution is 0.00336. The Bertz CT molecular complexity index is 395. The minimum Gasteiger partial charge on any atom is -0.389 e. The molecule has 0 bridgehead atoms. The lowest BCUT2D eigenvalue weighted by Crippen LogP contribution is -2.49. The van der Waals surface area contributed by atoms with Crippen molar-refractivity contribution in [3.8, 4) is 0 Å². The van der Waals surface area contributed by atoms with Crippen molar-refractivity contribution in [2.75, 3.05) is 6.54 Å². The van der Waals surface area contributed by atoms with Gasteiger partial charge in [0.25, 0.3) is 0 Å². The van der Waals surface area contributed by atoms with Gasteiger partial charge in [0.1, 0.15) is 0 Å². The first-order chi connectivity index (χ1) is 8.07. The minimum atomic E-state index is -0.596. The zero-order chi connectivity index (χ0) is 12.0. The van der Waals surface area contributed by atoms with Crippen LogP contribution in [-0.4, -0.2) is 23.3 Å². The summed E-state index contributed by atoms with van der Waals surface area (Å²) in [6.07, 6.45) is 1.22. The maximum Gasteiger partial charge on any atom is 0.0746 e. The van der Waals surface area contributed by atoms with Crippen molar-refractivity contribution in [3.63, 3.8) is 0 Å². The number of rotatable bonds is 2. The normalized spacial score (nSPS) is 36.4. The Labute approximate surface area is 103 Å². The summed E-state index contributed by atoms with van der Waals surface area (Å²) in [7, 11) is 0. The zero-order valence-electron chi connectivity index (χ0n) is 10.6. The Kier molecular flexibility index (Phi) is 2.53. The van der Waals surface area contributed by atoms with Crippen LogP contribution in [0.1, 0.15) is 31.7 Å². The summed E-state index contributed by atoms with van der Waals surface area (Å²) in [4.78, 5) is 0. The largest absolute Gasteiger partial charge is 0.389 e. The molecule has 1 aliphatic heterocycles. The summed E-state index contributed by atoms with van der Waals surface area (Å²) < 4.78 is 0. The molecule has 1 heterocycles. The van der Waals surface area contributed by atoms with Crippen molar-refractivity contribution in [1.29, 1.82) is 0 Å². The molecule has 2 aliphatic rings. The molecule has 92 valence electrons. The molecule has 1 aromatic rings. The van der Waals surface area contributed by atoms with Gasteiger partial charge < -0.3 is 10.4 Å². The predicted octanol–water partition coefficient (Wildman–Crippen LogP) is 2.15. The van der Waals surface area contributed by atoms with Crippen molar-refractivity contribution in [2.45, 2.75) is 37.8 Å². The van der Waals surface area contributed by atoms with E-state index in [1.54, 1.807) is 0 Å². The van der Waals surface area contributed by atoms with Gasteiger partial charge in [-0.05, 0) is 50.1 Å². The zero-order valence-corrected chi connectivity index (χ0v) is 10.6. The first kappa shape index (κ1) is 11.2. The van der Waals surface area contributed by atoms with Crippen LogP contribution in [0.3, 0.4) is 0 Å². The first-order valence-corrected chi connectivity index (χ1v) is 6.58. The third-order valence-corrected chi connectivity index (χ3v) is 4.58. The molecule has 2 fully saturated rings. The first-order valence-electron chi connectivity index (χ1n) is 6.58. The Morgan fingerprint density at radius 1 is 1.18 bits per heavy atom. The van der Waals surface area contributed by atoms with Gasteiger partial charge in [0.05, 0.1) is 5.60 Å². The maximum absolute atomic E-state index is 10.1.